The molecule has 1 atom stereocenters. The first kappa shape index (κ1) is 19.2. The number of imide groups is 1. The summed E-state index contributed by atoms with van der Waals surface area (Å²) in [5.41, 5.74) is 2.29. The van der Waals surface area contributed by atoms with Crippen molar-refractivity contribution in [2.75, 3.05) is 27.6 Å². The number of ether oxygens (including phenoxy) is 4. The summed E-state index contributed by atoms with van der Waals surface area (Å²) in [6.45, 7) is 0.218. The molecule has 31 heavy (non-hydrogen) atoms. The van der Waals surface area contributed by atoms with Gasteiger partial charge >= 0.3 is 0 Å². The van der Waals surface area contributed by atoms with Crippen molar-refractivity contribution in [2.45, 2.75) is 18.9 Å². The van der Waals surface area contributed by atoms with Gasteiger partial charge in [-0.1, -0.05) is 17.3 Å². The Morgan fingerprint density at radius 2 is 1.77 bits per heavy atom. The van der Waals surface area contributed by atoms with Crippen molar-refractivity contribution < 1.29 is 33.4 Å². The van der Waals surface area contributed by atoms with E-state index in [-0.39, 0.29) is 31.3 Å². The minimum absolute atomic E-state index is 0.102. The Kier molecular flexibility index (Phi) is 4.65. The van der Waals surface area contributed by atoms with Crippen LogP contribution in [0.3, 0.4) is 0 Å². The first-order valence-corrected chi connectivity index (χ1v) is 9.81. The third kappa shape index (κ3) is 3.13. The van der Waals surface area contributed by atoms with E-state index in [1.54, 1.807) is 38.5 Å². The highest BCUT2D eigenvalue weighted by atomic mass is 16.7. The molecule has 9 heteroatoms. The fourth-order valence-electron chi connectivity index (χ4n) is 4.11. The Bertz CT molecular complexity index is 1080. The Hall–Kier alpha value is -3.75. The fraction of sp³-hybridized carbons (Fsp3) is 0.318. The van der Waals surface area contributed by atoms with Crippen molar-refractivity contribution in [2.24, 2.45) is 5.16 Å². The molecule has 3 aliphatic heterocycles. The average molecular weight is 424 g/mol. The molecule has 3 aliphatic rings. The molecular formula is C22H20N2O7. The number of carbonyl (C=O) groups is 2. The van der Waals surface area contributed by atoms with Gasteiger partial charge in [-0.15, -0.1) is 0 Å². The number of hydrogen-bond donors (Lipinski definition) is 0. The summed E-state index contributed by atoms with van der Waals surface area (Å²) in [6.07, 6.45) is 0.683. The highest BCUT2D eigenvalue weighted by molar-refractivity contribution is 6.22. The van der Waals surface area contributed by atoms with E-state index in [0.29, 0.717) is 52.7 Å². The summed E-state index contributed by atoms with van der Waals surface area (Å²) in [5.74, 6) is 1.49. The molecule has 0 N–H and O–H groups in total. The molecule has 0 bridgehead atoms. The number of methoxy groups -OCH3 is 2. The van der Waals surface area contributed by atoms with Gasteiger partial charge < -0.3 is 23.8 Å². The lowest BCUT2D eigenvalue weighted by atomic mass is 10.0. The second-order valence-electron chi connectivity index (χ2n) is 7.37. The third-order valence-corrected chi connectivity index (χ3v) is 5.52. The SMILES string of the molecule is COc1c(C[C@H]2CC(CN3C(=O)c4ccccc4C3=O)=NO2)cc2c(c1OC)OCO2. The van der Waals surface area contributed by atoms with Crippen LogP contribution in [0.1, 0.15) is 32.7 Å². The summed E-state index contributed by atoms with van der Waals surface area (Å²) < 4.78 is 22.0. The quantitative estimate of drug-likeness (QED) is 0.657. The van der Waals surface area contributed by atoms with E-state index in [2.05, 4.69) is 5.16 Å². The minimum Gasteiger partial charge on any atom is -0.492 e. The molecule has 0 spiro atoms. The standard InChI is InChI=1S/C22H20N2O7/c1-27-18-12(8-17-19(20(18)28-2)30-11-29-17)7-14-9-13(23-31-14)10-24-21(25)15-5-3-4-6-16(15)22(24)26/h3-6,8,14H,7,9-11H2,1-2H3/t14-/m0/s1. The van der Waals surface area contributed by atoms with Crippen LogP contribution in [-0.4, -0.2) is 56.1 Å². The molecule has 0 saturated carbocycles. The van der Waals surface area contributed by atoms with E-state index in [0.717, 1.165) is 5.56 Å². The van der Waals surface area contributed by atoms with E-state index in [1.165, 1.54) is 4.90 Å². The van der Waals surface area contributed by atoms with Gasteiger partial charge in [0.05, 0.1) is 37.6 Å². The number of nitrogens with zero attached hydrogens (tertiary/aromatic N) is 2. The number of oxime groups is 1. The molecule has 2 aromatic rings. The number of amides is 2. The fourth-order valence-corrected chi connectivity index (χ4v) is 4.11. The number of fused-ring (bicyclic) bond motifs is 2. The van der Waals surface area contributed by atoms with E-state index < -0.39 is 0 Å². The Labute approximate surface area is 178 Å². The topological polar surface area (TPSA) is 95.9 Å². The largest absolute Gasteiger partial charge is 0.492 e. The molecule has 160 valence electrons. The molecule has 2 amide bonds. The number of hydrogen-bond acceptors (Lipinski definition) is 8. The maximum absolute atomic E-state index is 12.6. The van der Waals surface area contributed by atoms with Gasteiger partial charge in [0.25, 0.3) is 11.8 Å². The first-order valence-electron chi connectivity index (χ1n) is 9.81. The van der Waals surface area contributed by atoms with Crippen LogP contribution >= 0.6 is 0 Å². The lowest BCUT2D eigenvalue weighted by Crippen LogP contribution is -2.34. The van der Waals surface area contributed by atoms with Crippen LogP contribution in [-0.2, 0) is 11.3 Å². The van der Waals surface area contributed by atoms with Gasteiger partial charge in [-0.3, -0.25) is 14.5 Å². The van der Waals surface area contributed by atoms with Crippen LogP contribution in [0, 0.1) is 0 Å². The summed E-state index contributed by atoms with van der Waals surface area (Å²) in [5, 5.41) is 4.12. The Balaban J connectivity index is 1.29. The van der Waals surface area contributed by atoms with Crippen molar-refractivity contribution in [1.82, 2.24) is 4.90 Å². The van der Waals surface area contributed by atoms with Crippen molar-refractivity contribution >= 4 is 17.5 Å². The lowest BCUT2D eigenvalue weighted by Gasteiger charge is -2.17. The zero-order valence-electron chi connectivity index (χ0n) is 17.0. The predicted molar refractivity (Wildman–Crippen MR) is 108 cm³/mol. The number of carbonyl (C=O) groups excluding carboxylic acids is 2. The monoisotopic (exact) mass is 424 g/mol. The van der Waals surface area contributed by atoms with Crippen molar-refractivity contribution in [3.05, 3.63) is 47.0 Å². The first-order chi connectivity index (χ1) is 15.1. The van der Waals surface area contributed by atoms with E-state index >= 15 is 0 Å². The van der Waals surface area contributed by atoms with Crippen LogP contribution in [0.25, 0.3) is 0 Å². The maximum atomic E-state index is 12.6. The minimum atomic E-state index is -0.311. The summed E-state index contributed by atoms with van der Waals surface area (Å²) in [4.78, 5) is 32.0. The van der Waals surface area contributed by atoms with Crippen molar-refractivity contribution in [3.8, 4) is 23.0 Å². The highest BCUT2D eigenvalue weighted by Gasteiger charge is 2.37. The van der Waals surface area contributed by atoms with Gasteiger partial charge in [0, 0.05) is 18.4 Å². The van der Waals surface area contributed by atoms with Crippen molar-refractivity contribution in [3.63, 3.8) is 0 Å². The third-order valence-electron chi connectivity index (χ3n) is 5.52. The molecule has 0 saturated heterocycles. The predicted octanol–water partition coefficient (Wildman–Crippen LogP) is 2.42. The lowest BCUT2D eigenvalue weighted by molar-refractivity contribution is 0.0676. The molecule has 0 fully saturated rings. The van der Waals surface area contributed by atoms with Gasteiger partial charge in [-0.2, -0.15) is 0 Å². The molecule has 5 rings (SSSR count). The summed E-state index contributed by atoms with van der Waals surface area (Å²) in [6, 6.07) is 8.64. The summed E-state index contributed by atoms with van der Waals surface area (Å²) >= 11 is 0. The van der Waals surface area contributed by atoms with Crippen LogP contribution in [0.15, 0.2) is 35.5 Å². The van der Waals surface area contributed by atoms with Gasteiger partial charge in [0.15, 0.2) is 11.5 Å². The molecule has 9 nitrogen and oxygen atoms in total. The second-order valence-corrected chi connectivity index (χ2v) is 7.37. The number of rotatable bonds is 6. The molecule has 0 aliphatic carbocycles. The second kappa shape index (κ2) is 7.50. The zero-order valence-corrected chi connectivity index (χ0v) is 17.0. The molecule has 0 aromatic heterocycles. The molecule has 0 radical (unpaired) electrons. The molecule has 0 unspecified atom stereocenters. The van der Waals surface area contributed by atoms with Gasteiger partial charge in [0.1, 0.15) is 6.10 Å². The normalized spacial score (nSPS) is 18.7. The average Bonchev–Trinajstić information content (AvgIpc) is 3.49. The van der Waals surface area contributed by atoms with Crippen LogP contribution < -0.4 is 18.9 Å². The summed E-state index contributed by atoms with van der Waals surface area (Å²) in [7, 11) is 3.10. The van der Waals surface area contributed by atoms with E-state index in [1.807, 2.05) is 6.07 Å². The van der Waals surface area contributed by atoms with Gasteiger partial charge in [-0.05, 0) is 18.2 Å². The zero-order chi connectivity index (χ0) is 21.5. The smallest absolute Gasteiger partial charge is 0.261 e. The van der Waals surface area contributed by atoms with Gasteiger partial charge in [-0.25, -0.2) is 0 Å². The van der Waals surface area contributed by atoms with E-state index in [9.17, 15) is 9.59 Å². The Morgan fingerprint density at radius 3 is 2.45 bits per heavy atom. The Morgan fingerprint density at radius 1 is 1.06 bits per heavy atom. The van der Waals surface area contributed by atoms with Crippen LogP contribution in [0.2, 0.25) is 0 Å². The molecule has 3 heterocycles. The van der Waals surface area contributed by atoms with Crippen molar-refractivity contribution in [1.29, 1.82) is 0 Å². The molecule has 2 aromatic carbocycles. The molecular weight excluding hydrogens is 404 g/mol. The van der Waals surface area contributed by atoms with Gasteiger partial charge in [0.2, 0.25) is 18.3 Å². The maximum Gasteiger partial charge on any atom is 0.261 e. The van der Waals surface area contributed by atoms with E-state index in [4.69, 9.17) is 23.8 Å². The van der Waals surface area contributed by atoms with Crippen LogP contribution in [0.4, 0.5) is 0 Å². The van der Waals surface area contributed by atoms with Crippen LogP contribution in [0.5, 0.6) is 23.0 Å². The number of benzene rings is 2. The highest BCUT2D eigenvalue weighted by Crippen LogP contribution is 2.49.